The van der Waals surface area contributed by atoms with Crippen LogP contribution in [0.15, 0.2) is 42.7 Å². The first-order valence-corrected chi connectivity index (χ1v) is 8.27. The van der Waals surface area contributed by atoms with Crippen molar-refractivity contribution in [2.45, 2.75) is 12.8 Å². The van der Waals surface area contributed by atoms with E-state index in [1.165, 1.54) is 6.20 Å². The number of benzene rings is 1. The molecule has 1 amide bonds. The number of hydrogen-bond donors (Lipinski definition) is 1. The summed E-state index contributed by atoms with van der Waals surface area (Å²) in [6.07, 6.45) is 4.62. The van der Waals surface area contributed by atoms with E-state index in [2.05, 4.69) is 9.88 Å². The number of anilines is 1. The van der Waals surface area contributed by atoms with Crippen LogP contribution >= 0.6 is 0 Å². The van der Waals surface area contributed by atoms with Gasteiger partial charge in [-0.3, -0.25) is 14.6 Å². The molecule has 130 valence electrons. The van der Waals surface area contributed by atoms with Gasteiger partial charge in [0, 0.05) is 37.0 Å². The van der Waals surface area contributed by atoms with E-state index < -0.39 is 5.91 Å². The number of methoxy groups -OCH3 is 1. The summed E-state index contributed by atoms with van der Waals surface area (Å²) in [5.74, 6) is 0.401. The number of nitrogens with zero attached hydrogens (tertiary/aromatic N) is 2. The summed E-state index contributed by atoms with van der Waals surface area (Å²) < 4.78 is 5.13. The van der Waals surface area contributed by atoms with Crippen LogP contribution in [0.2, 0.25) is 0 Å². The Kier molecular flexibility index (Phi) is 4.97. The van der Waals surface area contributed by atoms with E-state index in [-0.39, 0.29) is 11.7 Å². The van der Waals surface area contributed by atoms with Crippen LogP contribution < -0.4 is 15.4 Å². The Balaban J connectivity index is 1.67. The summed E-state index contributed by atoms with van der Waals surface area (Å²) in [4.78, 5) is 30.3. The van der Waals surface area contributed by atoms with Gasteiger partial charge in [-0.2, -0.15) is 0 Å². The Hall–Kier alpha value is -2.89. The van der Waals surface area contributed by atoms with Gasteiger partial charge in [0.25, 0.3) is 5.91 Å². The number of nitrogens with two attached hydrogens (primary N) is 1. The maximum absolute atomic E-state index is 12.7. The molecule has 0 radical (unpaired) electrons. The van der Waals surface area contributed by atoms with E-state index in [1.54, 1.807) is 31.5 Å². The van der Waals surface area contributed by atoms with Gasteiger partial charge in [0.2, 0.25) is 0 Å². The van der Waals surface area contributed by atoms with Crippen molar-refractivity contribution in [3.8, 4) is 5.75 Å². The summed E-state index contributed by atoms with van der Waals surface area (Å²) in [6.45, 7) is 1.41. The third-order valence-corrected chi connectivity index (χ3v) is 4.64. The molecule has 1 saturated heterocycles. The lowest BCUT2D eigenvalue weighted by atomic mass is 9.88. The highest BCUT2D eigenvalue weighted by molar-refractivity contribution is 5.99. The van der Waals surface area contributed by atoms with Crippen LogP contribution in [0.25, 0.3) is 0 Å². The van der Waals surface area contributed by atoms with Gasteiger partial charge in [0.05, 0.1) is 18.4 Å². The molecule has 0 aliphatic carbocycles. The Morgan fingerprint density at radius 3 is 2.44 bits per heavy atom. The van der Waals surface area contributed by atoms with E-state index in [4.69, 9.17) is 10.5 Å². The molecule has 25 heavy (non-hydrogen) atoms. The maximum atomic E-state index is 12.7. The highest BCUT2D eigenvalue weighted by Gasteiger charge is 2.27. The Morgan fingerprint density at radius 2 is 1.84 bits per heavy atom. The van der Waals surface area contributed by atoms with E-state index in [0.29, 0.717) is 24.2 Å². The number of piperidine rings is 1. The van der Waals surface area contributed by atoms with E-state index in [0.717, 1.165) is 24.3 Å². The number of ketones is 1. The smallest absolute Gasteiger partial charge is 0.252 e. The van der Waals surface area contributed by atoms with Gasteiger partial charge < -0.3 is 15.4 Å². The SMILES string of the molecule is COc1ccc(C(=O)C2CCN(c3ccncc3C(N)=O)CC2)cc1. The fourth-order valence-corrected chi connectivity index (χ4v) is 3.23. The van der Waals surface area contributed by atoms with E-state index >= 15 is 0 Å². The minimum absolute atomic E-state index is 0.0106. The summed E-state index contributed by atoms with van der Waals surface area (Å²) in [5.41, 5.74) is 7.34. The average molecular weight is 339 g/mol. The normalized spacial score (nSPS) is 15.0. The summed E-state index contributed by atoms with van der Waals surface area (Å²) in [6, 6.07) is 9.02. The number of pyridine rings is 1. The third-order valence-electron chi connectivity index (χ3n) is 4.64. The second-order valence-electron chi connectivity index (χ2n) is 6.11. The largest absolute Gasteiger partial charge is 0.497 e. The van der Waals surface area contributed by atoms with Gasteiger partial charge in [-0.25, -0.2) is 0 Å². The van der Waals surface area contributed by atoms with Crippen LogP contribution in [-0.4, -0.2) is 36.9 Å². The zero-order valence-electron chi connectivity index (χ0n) is 14.1. The lowest BCUT2D eigenvalue weighted by Gasteiger charge is -2.33. The summed E-state index contributed by atoms with van der Waals surface area (Å²) >= 11 is 0. The molecule has 6 heteroatoms. The highest BCUT2D eigenvalue weighted by atomic mass is 16.5. The quantitative estimate of drug-likeness (QED) is 0.845. The van der Waals surface area contributed by atoms with Gasteiger partial charge in [-0.15, -0.1) is 0 Å². The first kappa shape index (κ1) is 17.0. The van der Waals surface area contributed by atoms with Crippen molar-refractivity contribution in [1.82, 2.24) is 4.98 Å². The minimum Gasteiger partial charge on any atom is -0.497 e. The number of ether oxygens (including phenoxy) is 1. The topological polar surface area (TPSA) is 85.5 Å². The Bertz CT molecular complexity index is 766. The maximum Gasteiger partial charge on any atom is 0.252 e. The van der Waals surface area contributed by atoms with Crippen molar-refractivity contribution in [2.24, 2.45) is 11.7 Å². The van der Waals surface area contributed by atoms with Crippen molar-refractivity contribution in [2.75, 3.05) is 25.1 Å². The van der Waals surface area contributed by atoms with Crippen molar-refractivity contribution in [1.29, 1.82) is 0 Å². The molecule has 0 unspecified atom stereocenters. The number of hydrogen-bond acceptors (Lipinski definition) is 5. The number of aromatic nitrogens is 1. The molecule has 6 nitrogen and oxygen atoms in total. The van der Waals surface area contributed by atoms with Crippen LogP contribution in [0.5, 0.6) is 5.75 Å². The molecular formula is C19H21N3O3. The standard InChI is InChI=1S/C19H21N3O3/c1-25-15-4-2-13(3-5-15)18(23)14-7-10-22(11-8-14)17-6-9-21-12-16(17)19(20)24/h2-6,9,12,14H,7-8,10-11H2,1H3,(H2,20,24). The fraction of sp³-hybridized carbons (Fsp3) is 0.316. The van der Waals surface area contributed by atoms with Crippen molar-refractivity contribution in [3.63, 3.8) is 0 Å². The second-order valence-corrected chi connectivity index (χ2v) is 6.11. The molecule has 2 aromatic rings. The molecule has 3 rings (SSSR count). The van der Waals surface area contributed by atoms with Crippen molar-refractivity contribution in [3.05, 3.63) is 53.9 Å². The van der Waals surface area contributed by atoms with Gasteiger partial charge >= 0.3 is 0 Å². The molecule has 0 atom stereocenters. The van der Waals surface area contributed by atoms with Gasteiger partial charge in [-0.1, -0.05) is 0 Å². The molecule has 0 bridgehead atoms. The number of primary amides is 1. The predicted molar refractivity (Wildman–Crippen MR) is 95.0 cm³/mol. The zero-order valence-corrected chi connectivity index (χ0v) is 14.1. The van der Waals surface area contributed by atoms with Crippen LogP contribution in [-0.2, 0) is 0 Å². The van der Waals surface area contributed by atoms with Crippen molar-refractivity contribution >= 4 is 17.4 Å². The molecule has 0 spiro atoms. The Labute approximate surface area is 146 Å². The molecule has 0 saturated carbocycles. The van der Waals surface area contributed by atoms with Gasteiger partial charge in [0.1, 0.15) is 5.75 Å². The number of carbonyl (C=O) groups is 2. The number of carbonyl (C=O) groups excluding carboxylic acids is 2. The monoisotopic (exact) mass is 339 g/mol. The van der Waals surface area contributed by atoms with Crippen LogP contribution in [0.1, 0.15) is 33.6 Å². The lowest BCUT2D eigenvalue weighted by Crippen LogP contribution is -2.37. The number of Topliss-reactive ketones (excluding diaryl/α,β-unsaturated/α-hetero) is 1. The first-order chi connectivity index (χ1) is 12.1. The summed E-state index contributed by atoms with van der Waals surface area (Å²) in [5, 5.41) is 0. The predicted octanol–water partition coefficient (Wildman–Crippen LogP) is 2.29. The van der Waals surface area contributed by atoms with Crippen LogP contribution in [0.4, 0.5) is 5.69 Å². The number of amides is 1. The third kappa shape index (κ3) is 3.63. The summed E-state index contributed by atoms with van der Waals surface area (Å²) in [7, 11) is 1.60. The number of rotatable bonds is 5. The fourth-order valence-electron chi connectivity index (χ4n) is 3.23. The molecule has 2 N–H and O–H groups in total. The molecule has 1 aromatic carbocycles. The minimum atomic E-state index is -0.487. The highest BCUT2D eigenvalue weighted by Crippen LogP contribution is 2.28. The zero-order chi connectivity index (χ0) is 17.8. The van der Waals surface area contributed by atoms with Crippen LogP contribution in [0, 0.1) is 5.92 Å². The molecule has 1 aromatic heterocycles. The molecular weight excluding hydrogens is 318 g/mol. The van der Waals surface area contributed by atoms with Gasteiger partial charge in [0.15, 0.2) is 5.78 Å². The molecule has 1 aliphatic rings. The van der Waals surface area contributed by atoms with E-state index in [1.807, 2.05) is 12.1 Å². The first-order valence-electron chi connectivity index (χ1n) is 8.27. The van der Waals surface area contributed by atoms with Crippen LogP contribution in [0.3, 0.4) is 0 Å². The van der Waals surface area contributed by atoms with E-state index in [9.17, 15) is 9.59 Å². The second kappa shape index (κ2) is 7.34. The van der Waals surface area contributed by atoms with Gasteiger partial charge in [-0.05, 0) is 43.2 Å². The lowest BCUT2D eigenvalue weighted by molar-refractivity contribution is 0.0899. The van der Waals surface area contributed by atoms with Crippen molar-refractivity contribution < 1.29 is 14.3 Å². The molecule has 1 aliphatic heterocycles. The average Bonchev–Trinajstić information content (AvgIpc) is 2.67. The molecule has 2 heterocycles. The Morgan fingerprint density at radius 1 is 1.16 bits per heavy atom. The molecule has 1 fully saturated rings.